The van der Waals surface area contributed by atoms with Crippen molar-refractivity contribution in [3.05, 3.63) is 41.6 Å². The molecule has 1 saturated heterocycles. The topological polar surface area (TPSA) is 50.9 Å². The number of rotatable bonds is 0. The van der Waals surface area contributed by atoms with E-state index in [0.29, 0.717) is 5.92 Å². The van der Waals surface area contributed by atoms with Crippen molar-refractivity contribution in [3.8, 4) is 0 Å². The standard InChI is InChI=1S/C14H15N3/c15-14-6-5-10(8-16-14)13-11(14)7-9-3-1-2-4-12(9)17-13/h1-4,7,10,16H,5-6,8,15H2. The molecule has 2 aromatic rings. The predicted octanol–water partition coefficient (Wildman–Crippen LogP) is 1.83. The van der Waals surface area contributed by atoms with E-state index in [-0.39, 0.29) is 5.66 Å². The second-order valence-corrected chi connectivity index (χ2v) is 5.20. The zero-order valence-corrected chi connectivity index (χ0v) is 9.61. The molecule has 0 spiro atoms. The zero-order chi connectivity index (χ0) is 11.5. The highest BCUT2D eigenvalue weighted by Crippen LogP contribution is 2.42. The van der Waals surface area contributed by atoms with Crippen LogP contribution < -0.4 is 11.1 Å². The van der Waals surface area contributed by atoms with E-state index in [2.05, 4.69) is 23.5 Å². The molecule has 3 heteroatoms. The minimum atomic E-state index is -0.346. The monoisotopic (exact) mass is 225 g/mol. The Morgan fingerprint density at radius 1 is 1.35 bits per heavy atom. The maximum Gasteiger partial charge on any atom is 0.0943 e. The summed E-state index contributed by atoms with van der Waals surface area (Å²) in [5.41, 5.74) is 9.61. The summed E-state index contributed by atoms with van der Waals surface area (Å²) < 4.78 is 0. The number of hydrogen-bond donors (Lipinski definition) is 2. The molecular formula is C14H15N3. The van der Waals surface area contributed by atoms with Gasteiger partial charge in [-0.05, 0) is 25.0 Å². The summed E-state index contributed by atoms with van der Waals surface area (Å²) in [7, 11) is 0. The third-order valence-electron chi connectivity index (χ3n) is 4.17. The van der Waals surface area contributed by atoms with Gasteiger partial charge in [0.1, 0.15) is 0 Å². The Labute approximate surface area is 100 Å². The Kier molecular flexibility index (Phi) is 1.72. The molecule has 1 aromatic carbocycles. The van der Waals surface area contributed by atoms with E-state index >= 15 is 0 Å². The van der Waals surface area contributed by atoms with E-state index in [1.807, 2.05) is 12.1 Å². The van der Waals surface area contributed by atoms with Gasteiger partial charge in [0.05, 0.1) is 16.9 Å². The molecule has 0 amide bonds. The number of nitrogens with zero attached hydrogens (tertiary/aromatic N) is 1. The summed E-state index contributed by atoms with van der Waals surface area (Å²) in [5, 5.41) is 4.64. The van der Waals surface area contributed by atoms with Crippen LogP contribution >= 0.6 is 0 Å². The van der Waals surface area contributed by atoms with Crippen molar-refractivity contribution in [2.45, 2.75) is 24.4 Å². The molecule has 1 fully saturated rings. The largest absolute Gasteiger partial charge is 0.309 e. The van der Waals surface area contributed by atoms with Crippen molar-refractivity contribution in [2.75, 3.05) is 6.54 Å². The van der Waals surface area contributed by atoms with Crippen molar-refractivity contribution < 1.29 is 0 Å². The third-order valence-corrected chi connectivity index (χ3v) is 4.17. The molecule has 17 heavy (non-hydrogen) atoms. The lowest BCUT2D eigenvalue weighted by atomic mass is 9.75. The van der Waals surface area contributed by atoms with Crippen molar-refractivity contribution in [3.63, 3.8) is 0 Å². The fourth-order valence-electron chi connectivity index (χ4n) is 3.16. The van der Waals surface area contributed by atoms with Gasteiger partial charge in [0.15, 0.2) is 0 Å². The van der Waals surface area contributed by atoms with Gasteiger partial charge in [-0.15, -0.1) is 0 Å². The second kappa shape index (κ2) is 3.06. The summed E-state index contributed by atoms with van der Waals surface area (Å²) in [5.74, 6) is 0.542. The summed E-state index contributed by atoms with van der Waals surface area (Å²) in [6, 6.07) is 10.5. The number of pyridine rings is 1. The fraction of sp³-hybridized carbons (Fsp3) is 0.357. The first kappa shape index (κ1) is 9.57. The first-order valence-electron chi connectivity index (χ1n) is 6.20. The highest BCUT2D eigenvalue weighted by atomic mass is 15.1. The van der Waals surface area contributed by atoms with Crippen molar-refractivity contribution in [1.29, 1.82) is 0 Å². The van der Waals surface area contributed by atoms with Gasteiger partial charge in [-0.3, -0.25) is 10.3 Å². The highest BCUT2D eigenvalue weighted by Gasteiger charge is 2.42. The number of benzene rings is 1. The molecule has 3 heterocycles. The van der Waals surface area contributed by atoms with Crippen LogP contribution in [0.15, 0.2) is 30.3 Å². The Morgan fingerprint density at radius 3 is 3.06 bits per heavy atom. The van der Waals surface area contributed by atoms with E-state index in [9.17, 15) is 0 Å². The lowest BCUT2D eigenvalue weighted by Gasteiger charge is -2.45. The van der Waals surface area contributed by atoms with Crippen LogP contribution in [-0.4, -0.2) is 11.5 Å². The van der Waals surface area contributed by atoms with E-state index in [1.54, 1.807) is 0 Å². The molecule has 2 aliphatic heterocycles. The lowest BCUT2D eigenvalue weighted by Crippen LogP contribution is -2.59. The molecule has 0 saturated carbocycles. The maximum absolute atomic E-state index is 6.45. The number of aromatic nitrogens is 1. The number of piperidine rings is 1. The van der Waals surface area contributed by atoms with E-state index in [4.69, 9.17) is 10.7 Å². The third kappa shape index (κ3) is 1.21. The van der Waals surface area contributed by atoms with E-state index in [1.165, 1.54) is 16.6 Å². The normalized spacial score (nSPS) is 30.5. The molecule has 2 unspecified atom stereocenters. The Hall–Kier alpha value is -1.45. The molecule has 2 atom stereocenters. The van der Waals surface area contributed by atoms with Gasteiger partial charge in [-0.25, -0.2) is 0 Å². The van der Waals surface area contributed by atoms with Crippen LogP contribution in [0.5, 0.6) is 0 Å². The lowest BCUT2D eigenvalue weighted by molar-refractivity contribution is 0.212. The van der Waals surface area contributed by atoms with Crippen LogP contribution in [0.1, 0.15) is 30.0 Å². The number of para-hydroxylation sites is 1. The Morgan fingerprint density at radius 2 is 2.24 bits per heavy atom. The Bertz CT molecular complexity index is 597. The van der Waals surface area contributed by atoms with Gasteiger partial charge >= 0.3 is 0 Å². The first-order chi connectivity index (χ1) is 8.26. The summed E-state index contributed by atoms with van der Waals surface area (Å²) >= 11 is 0. The number of nitrogens with one attached hydrogen (secondary N) is 1. The number of nitrogens with two attached hydrogens (primary N) is 1. The molecule has 5 rings (SSSR count). The van der Waals surface area contributed by atoms with Crippen LogP contribution in [0, 0.1) is 0 Å². The van der Waals surface area contributed by atoms with Crippen LogP contribution in [-0.2, 0) is 5.66 Å². The molecule has 1 aromatic heterocycles. The summed E-state index contributed by atoms with van der Waals surface area (Å²) in [4.78, 5) is 4.82. The van der Waals surface area contributed by atoms with Gasteiger partial charge in [-0.1, -0.05) is 18.2 Å². The number of fused-ring (bicyclic) bond motifs is 3. The average molecular weight is 225 g/mol. The minimum absolute atomic E-state index is 0.346. The molecule has 3 N–H and O–H groups in total. The van der Waals surface area contributed by atoms with Gasteiger partial charge in [0.2, 0.25) is 0 Å². The molecule has 3 nitrogen and oxygen atoms in total. The summed E-state index contributed by atoms with van der Waals surface area (Å²) in [6.45, 7) is 0.967. The molecule has 1 aliphatic carbocycles. The average Bonchev–Trinajstić information content (AvgIpc) is 2.38. The van der Waals surface area contributed by atoms with Crippen LogP contribution in [0.4, 0.5) is 0 Å². The summed E-state index contributed by atoms with van der Waals surface area (Å²) in [6.07, 6.45) is 2.17. The number of hydrogen-bond acceptors (Lipinski definition) is 3. The SMILES string of the molecule is NC12CCC(CN1)c1nc3ccccc3cc12. The Balaban J connectivity index is 2.06. The smallest absolute Gasteiger partial charge is 0.0943 e. The van der Waals surface area contributed by atoms with E-state index < -0.39 is 0 Å². The second-order valence-electron chi connectivity index (χ2n) is 5.20. The van der Waals surface area contributed by atoms with Crippen LogP contribution in [0.3, 0.4) is 0 Å². The van der Waals surface area contributed by atoms with Gasteiger partial charge in [0, 0.05) is 23.4 Å². The predicted molar refractivity (Wildman–Crippen MR) is 67.6 cm³/mol. The minimum Gasteiger partial charge on any atom is -0.309 e. The molecule has 3 aliphatic rings. The van der Waals surface area contributed by atoms with Crippen molar-refractivity contribution >= 4 is 10.9 Å². The van der Waals surface area contributed by atoms with Gasteiger partial charge in [0.25, 0.3) is 0 Å². The maximum atomic E-state index is 6.45. The van der Waals surface area contributed by atoms with E-state index in [0.717, 1.165) is 24.9 Å². The van der Waals surface area contributed by atoms with Gasteiger partial charge < -0.3 is 5.73 Å². The van der Waals surface area contributed by atoms with Gasteiger partial charge in [-0.2, -0.15) is 0 Å². The van der Waals surface area contributed by atoms with Crippen LogP contribution in [0.2, 0.25) is 0 Å². The zero-order valence-electron chi connectivity index (χ0n) is 9.61. The molecule has 0 radical (unpaired) electrons. The van der Waals surface area contributed by atoms with Crippen molar-refractivity contribution in [1.82, 2.24) is 10.3 Å². The fourth-order valence-corrected chi connectivity index (χ4v) is 3.16. The van der Waals surface area contributed by atoms with Crippen LogP contribution in [0.25, 0.3) is 10.9 Å². The molecule has 2 bridgehead atoms. The highest BCUT2D eigenvalue weighted by molar-refractivity contribution is 5.80. The first-order valence-corrected chi connectivity index (χ1v) is 6.20. The molecule has 86 valence electrons. The molecular weight excluding hydrogens is 210 g/mol. The quantitative estimate of drug-likeness (QED) is 0.719. The van der Waals surface area contributed by atoms with Crippen molar-refractivity contribution in [2.24, 2.45) is 5.73 Å².